The summed E-state index contributed by atoms with van der Waals surface area (Å²) in [5, 5.41) is 4.23. The van der Waals surface area contributed by atoms with Crippen molar-refractivity contribution in [3.05, 3.63) is 117 Å². The van der Waals surface area contributed by atoms with Crippen LogP contribution in [0.1, 0.15) is 22.9 Å². The van der Waals surface area contributed by atoms with E-state index in [1.165, 1.54) is 4.57 Å². The van der Waals surface area contributed by atoms with Gasteiger partial charge in [0.1, 0.15) is 0 Å². The van der Waals surface area contributed by atoms with Gasteiger partial charge in [-0.1, -0.05) is 72.3 Å². The zero-order valence-electron chi connectivity index (χ0n) is 19.2. The van der Waals surface area contributed by atoms with Crippen LogP contribution in [0.5, 0.6) is 0 Å². The quantitative estimate of drug-likeness (QED) is 0.432. The number of anilines is 1. The van der Waals surface area contributed by atoms with Crippen molar-refractivity contribution in [1.29, 1.82) is 0 Å². The summed E-state index contributed by atoms with van der Waals surface area (Å²) in [6.07, 6.45) is 0. The summed E-state index contributed by atoms with van der Waals surface area (Å²) < 4.78 is 4.97. The van der Waals surface area contributed by atoms with E-state index in [0.717, 1.165) is 39.5 Å². The second-order valence-corrected chi connectivity index (χ2v) is 8.87. The third-order valence-electron chi connectivity index (χ3n) is 6.75. The van der Waals surface area contributed by atoms with Gasteiger partial charge in [-0.3, -0.25) is 13.9 Å². The van der Waals surface area contributed by atoms with Crippen molar-refractivity contribution in [3.8, 4) is 16.9 Å². The lowest BCUT2D eigenvalue weighted by Gasteiger charge is -2.31. The van der Waals surface area contributed by atoms with E-state index in [0.29, 0.717) is 10.9 Å². The van der Waals surface area contributed by atoms with Crippen molar-refractivity contribution < 1.29 is 0 Å². The molecule has 1 N–H and O–H groups in total. The molecule has 1 aliphatic heterocycles. The number of hydrogen-bond acceptors (Lipinski definition) is 3. The summed E-state index contributed by atoms with van der Waals surface area (Å²) in [5.74, 6) is 0. The molecule has 0 unspecified atom stereocenters. The Bertz CT molecular complexity index is 1710. The summed E-state index contributed by atoms with van der Waals surface area (Å²) in [5.41, 5.74) is 6.77. The minimum atomic E-state index is -0.340. The monoisotopic (exact) mass is 448 g/mol. The average Bonchev–Trinajstić information content (AvgIpc) is 3.23. The highest BCUT2D eigenvalue weighted by Gasteiger charge is 2.34. The Kier molecular flexibility index (Phi) is 4.39. The number of nitrogens with one attached hydrogen (secondary N) is 1. The molecular weight excluding hydrogens is 424 g/mol. The van der Waals surface area contributed by atoms with E-state index in [1.807, 2.05) is 54.6 Å². The number of aromatic nitrogens is 3. The molecule has 6 heteroatoms. The number of rotatable bonds is 2. The molecule has 6 rings (SSSR count). The minimum absolute atomic E-state index is 0.243. The smallest absolute Gasteiger partial charge is 0.331 e. The van der Waals surface area contributed by atoms with Gasteiger partial charge < -0.3 is 9.88 Å². The predicted molar refractivity (Wildman–Crippen MR) is 136 cm³/mol. The van der Waals surface area contributed by atoms with E-state index in [2.05, 4.69) is 41.1 Å². The summed E-state index contributed by atoms with van der Waals surface area (Å²) in [4.78, 5) is 26.7. The fourth-order valence-corrected chi connectivity index (χ4v) is 5.19. The zero-order chi connectivity index (χ0) is 23.6. The maximum Gasteiger partial charge on any atom is 0.331 e. The highest BCUT2D eigenvalue weighted by atomic mass is 16.2. The third kappa shape index (κ3) is 2.75. The van der Waals surface area contributed by atoms with Crippen molar-refractivity contribution in [2.45, 2.75) is 13.0 Å². The van der Waals surface area contributed by atoms with E-state index < -0.39 is 0 Å². The second kappa shape index (κ2) is 7.35. The Hall–Kier alpha value is -4.32. The van der Waals surface area contributed by atoms with Crippen LogP contribution in [0.3, 0.4) is 0 Å². The highest BCUT2D eigenvalue weighted by molar-refractivity contribution is 5.99. The summed E-state index contributed by atoms with van der Waals surface area (Å²) in [6, 6.07) is 26.1. The standard InChI is InChI=1S/C28H24N4O2/c1-17-10-9-13-19(16-17)23-26-25-22(27(33)31(3)28(34)30(25)2)24(18-11-5-4-6-12-18)32(26)21-15-8-7-14-20(21)29-23/h4-16,23,29H,1-3H3/t23-/m0/s1. The van der Waals surface area contributed by atoms with Crippen molar-refractivity contribution in [2.75, 3.05) is 5.32 Å². The second-order valence-electron chi connectivity index (χ2n) is 8.87. The first kappa shape index (κ1) is 20.3. The van der Waals surface area contributed by atoms with Gasteiger partial charge in [0.2, 0.25) is 0 Å². The third-order valence-corrected chi connectivity index (χ3v) is 6.75. The molecule has 6 nitrogen and oxygen atoms in total. The van der Waals surface area contributed by atoms with Gasteiger partial charge in [-0.05, 0) is 30.2 Å². The molecule has 0 aliphatic carbocycles. The molecule has 0 radical (unpaired) electrons. The molecule has 34 heavy (non-hydrogen) atoms. The van der Waals surface area contributed by atoms with Crippen LogP contribution >= 0.6 is 0 Å². The number of fused-ring (bicyclic) bond motifs is 5. The van der Waals surface area contributed by atoms with Gasteiger partial charge in [0.05, 0.1) is 39.7 Å². The van der Waals surface area contributed by atoms with Crippen LogP contribution in [0.25, 0.3) is 27.8 Å². The Morgan fingerprint density at radius 3 is 2.32 bits per heavy atom. The molecule has 0 spiro atoms. The summed E-state index contributed by atoms with van der Waals surface area (Å²) in [7, 11) is 3.29. The number of para-hydroxylation sites is 2. The van der Waals surface area contributed by atoms with Crippen molar-refractivity contribution >= 4 is 16.6 Å². The van der Waals surface area contributed by atoms with Crippen LogP contribution in [-0.2, 0) is 14.1 Å². The minimum Gasteiger partial charge on any atom is -0.371 e. The first-order chi connectivity index (χ1) is 16.5. The van der Waals surface area contributed by atoms with Crippen LogP contribution in [0.2, 0.25) is 0 Å². The fourth-order valence-electron chi connectivity index (χ4n) is 5.19. The first-order valence-electron chi connectivity index (χ1n) is 11.3. The maximum absolute atomic E-state index is 13.6. The van der Waals surface area contributed by atoms with Gasteiger partial charge in [-0.25, -0.2) is 4.79 Å². The normalized spacial score (nSPS) is 14.5. The molecule has 168 valence electrons. The summed E-state index contributed by atoms with van der Waals surface area (Å²) in [6.45, 7) is 2.07. The van der Waals surface area contributed by atoms with Crippen molar-refractivity contribution in [1.82, 2.24) is 13.7 Å². The molecule has 0 amide bonds. The zero-order valence-corrected chi connectivity index (χ0v) is 19.2. The maximum atomic E-state index is 13.6. The molecule has 1 atom stereocenters. The number of aryl methyl sites for hydroxylation is 2. The van der Waals surface area contributed by atoms with Crippen LogP contribution in [0.4, 0.5) is 5.69 Å². The average molecular weight is 449 g/mol. The van der Waals surface area contributed by atoms with Crippen LogP contribution in [-0.4, -0.2) is 13.7 Å². The van der Waals surface area contributed by atoms with Gasteiger partial charge in [0, 0.05) is 14.1 Å². The molecule has 0 bridgehead atoms. The molecule has 0 saturated carbocycles. The van der Waals surface area contributed by atoms with Gasteiger partial charge >= 0.3 is 5.69 Å². The predicted octanol–water partition coefficient (Wildman–Crippen LogP) is 4.52. The highest BCUT2D eigenvalue weighted by Crippen LogP contribution is 2.45. The Balaban J connectivity index is 1.87. The summed E-state index contributed by atoms with van der Waals surface area (Å²) >= 11 is 0. The molecule has 5 aromatic rings. The topological polar surface area (TPSA) is 61.0 Å². The largest absolute Gasteiger partial charge is 0.371 e. The van der Waals surface area contributed by atoms with Gasteiger partial charge in [0.15, 0.2) is 0 Å². The lowest BCUT2D eigenvalue weighted by atomic mass is 9.98. The van der Waals surface area contributed by atoms with E-state index >= 15 is 0 Å². The van der Waals surface area contributed by atoms with E-state index in [1.54, 1.807) is 18.7 Å². The SMILES string of the molecule is Cc1cccc([C@@H]2Nc3ccccc3-n3c(-c4ccccc4)c4c(=O)n(C)c(=O)n(C)c4c32)c1. The molecule has 3 aromatic carbocycles. The molecule has 1 aliphatic rings. The number of benzene rings is 3. The lowest BCUT2D eigenvalue weighted by molar-refractivity contribution is 0.708. The molecule has 2 aromatic heterocycles. The van der Waals surface area contributed by atoms with Gasteiger partial charge in [-0.2, -0.15) is 0 Å². The lowest BCUT2D eigenvalue weighted by Crippen LogP contribution is -2.37. The van der Waals surface area contributed by atoms with Gasteiger partial charge in [0.25, 0.3) is 5.56 Å². The molecular formula is C28H24N4O2. The fraction of sp³-hybridized carbons (Fsp3) is 0.143. The number of hydrogen-bond donors (Lipinski definition) is 1. The molecule has 0 fully saturated rings. The Labute approximate surface area is 196 Å². The van der Waals surface area contributed by atoms with Crippen molar-refractivity contribution in [3.63, 3.8) is 0 Å². The van der Waals surface area contributed by atoms with Crippen LogP contribution in [0.15, 0.2) is 88.5 Å². The Morgan fingerprint density at radius 2 is 1.56 bits per heavy atom. The van der Waals surface area contributed by atoms with Crippen LogP contribution < -0.4 is 16.6 Å². The number of nitrogens with zero attached hydrogens (tertiary/aromatic N) is 3. The van der Waals surface area contributed by atoms with E-state index in [4.69, 9.17) is 0 Å². The Morgan fingerprint density at radius 1 is 0.824 bits per heavy atom. The molecule has 3 heterocycles. The first-order valence-corrected chi connectivity index (χ1v) is 11.3. The van der Waals surface area contributed by atoms with Gasteiger partial charge in [-0.15, -0.1) is 0 Å². The van der Waals surface area contributed by atoms with E-state index in [-0.39, 0.29) is 17.3 Å². The van der Waals surface area contributed by atoms with E-state index in [9.17, 15) is 9.59 Å². The van der Waals surface area contributed by atoms with Crippen molar-refractivity contribution in [2.24, 2.45) is 14.1 Å². The molecule has 0 saturated heterocycles. The van der Waals surface area contributed by atoms with Crippen LogP contribution in [0, 0.1) is 6.92 Å².